The third kappa shape index (κ3) is 6.17. The Bertz CT molecular complexity index is 760. The summed E-state index contributed by atoms with van der Waals surface area (Å²) in [6.45, 7) is 0. The Morgan fingerprint density at radius 3 is 2.41 bits per heavy atom. The number of benzene rings is 1. The zero-order valence-electron chi connectivity index (χ0n) is 16.6. The number of carbonyl (C=O) groups is 3. The third-order valence-corrected chi connectivity index (χ3v) is 5.81. The number of carbonyl (C=O) groups excluding carboxylic acids is 2. The molecule has 1 aromatic carbocycles. The Labute approximate surface area is 171 Å². The van der Waals surface area contributed by atoms with Gasteiger partial charge >= 0.3 is 11.9 Å². The lowest BCUT2D eigenvalue weighted by molar-refractivity contribution is -0.153. The maximum Gasteiger partial charge on any atom is 0.329 e. The number of hydrogen-bond acceptors (Lipinski definition) is 4. The van der Waals surface area contributed by atoms with Crippen LogP contribution in [0.25, 0.3) is 6.08 Å². The predicted octanol–water partition coefficient (Wildman–Crippen LogP) is 3.95. The Balaban J connectivity index is 1.72. The summed E-state index contributed by atoms with van der Waals surface area (Å²) in [5.41, 5.74) is 1.01. The first-order valence-corrected chi connectivity index (χ1v) is 10.6. The standard InChI is InChI=1S/C23H29NO5/c25-20(26)14-13-16-7-6-10-18(15-16)22(27)24-21(17-8-2-1-3-9-17)23(28)29-19-11-4-5-12-19/h6-7,10,13-15,17,19,21H,1-5,8-9,11-12H2,(H,24,27)(H,25,26)/t21-/m0/s1. The highest BCUT2D eigenvalue weighted by Crippen LogP contribution is 2.29. The highest BCUT2D eigenvalue weighted by Gasteiger charge is 2.34. The number of rotatable bonds is 7. The van der Waals surface area contributed by atoms with Crippen molar-refractivity contribution < 1.29 is 24.2 Å². The first-order chi connectivity index (χ1) is 14.0. The van der Waals surface area contributed by atoms with Gasteiger partial charge in [0.1, 0.15) is 12.1 Å². The van der Waals surface area contributed by atoms with Crippen LogP contribution in [0.5, 0.6) is 0 Å². The molecule has 2 saturated carbocycles. The van der Waals surface area contributed by atoms with Gasteiger partial charge in [-0.1, -0.05) is 31.4 Å². The second-order valence-electron chi connectivity index (χ2n) is 7.99. The van der Waals surface area contributed by atoms with Gasteiger partial charge in [-0.05, 0) is 68.2 Å². The van der Waals surface area contributed by atoms with E-state index in [1.807, 2.05) is 0 Å². The van der Waals surface area contributed by atoms with E-state index in [1.54, 1.807) is 24.3 Å². The van der Waals surface area contributed by atoms with Gasteiger partial charge in [0.15, 0.2) is 0 Å². The van der Waals surface area contributed by atoms with Gasteiger partial charge in [0.05, 0.1) is 0 Å². The molecule has 6 nitrogen and oxygen atoms in total. The van der Waals surface area contributed by atoms with Crippen LogP contribution in [0.2, 0.25) is 0 Å². The molecule has 2 N–H and O–H groups in total. The van der Waals surface area contributed by atoms with Crippen LogP contribution >= 0.6 is 0 Å². The fraction of sp³-hybridized carbons (Fsp3) is 0.522. The lowest BCUT2D eigenvalue weighted by Gasteiger charge is -2.30. The minimum Gasteiger partial charge on any atom is -0.478 e. The van der Waals surface area contributed by atoms with Crippen molar-refractivity contribution in [2.45, 2.75) is 69.9 Å². The molecule has 3 rings (SSSR count). The van der Waals surface area contributed by atoms with Crippen molar-refractivity contribution >= 4 is 23.9 Å². The SMILES string of the molecule is O=C(O)C=Cc1cccc(C(=O)N[C@H](C(=O)OC2CCCC2)C2CCCCC2)c1. The van der Waals surface area contributed by atoms with E-state index < -0.39 is 12.0 Å². The summed E-state index contributed by atoms with van der Waals surface area (Å²) >= 11 is 0. The van der Waals surface area contributed by atoms with Crippen molar-refractivity contribution in [3.05, 3.63) is 41.5 Å². The Kier molecular flexibility index (Phi) is 7.44. The first kappa shape index (κ1) is 21.1. The highest BCUT2D eigenvalue weighted by molar-refractivity contribution is 5.97. The summed E-state index contributed by atoms with van der Waals surface area (Å²) in [5.74, 6) is -1.61. The molecule has 0 bridgehead atoms. The molecule has 2 aliphatic rings. The van der Waals surface area contributed by atoms with Crippen LogP contribution in [-0.2, 0) is 14.3 Å². The van der Waals surface area contributed by atoms with Crippen LogP contribution in [0.15, 0.2) is 30.3 Å². The van der Waals surface area contributed by atoms with Gasteiger partial charge in [0.2, 0.25) is 0 Å². The minimum atomic E-state index is -1.05. The Morgan fingerprint density at radius 1 is 1.03 bits per heavy atom. The number of hydrogen-bond donors (Lipinski definition) is 2. The summed E-state index contributed by atoms with van der Waals surface area (Å²) in [5, 5.41) is 11.7. The topological polar surface area (TPSA) is 92.7 Å². The van der Waals surface area contributed by atoms with E-state index >= 15 is 0 Å². The molecule has 1 atom stereocenters. The Hall–Kier alpha value is -2.63. The predicted molar refractivity (Wildman–Crippen MR) is 109 cm³/mol. The van der Waals surface area contributed by atoms with Crippen LogP contribution in [-0.4, -0.2) is 35.1 Å². The van der Waals surface area contributed by atoms with E-state index in [9.17, 15) is 14.4 Å². The molecule has 29 heavy (non-hydrogen) atoms. The maximum atomic E-state index is 12.9. The molecule has 2 aliphatic carbocycles. The molecule has 1 amide bonds. The summed E-state index contributed by atoms with van der Waals surface area (Å²) in [4.78, 5) is 36.5. The van der Waals surface area contributed by atoms with Gasteiger partial charge in [-0.3, -0.25) is 4.79 Å². The smallest absolute Gasteiger partial charge is 0.329 e. The average molecular weight is 399 g/mol. The number of aliphatic carboxylic acids is 1. The molecule has 0 saturated heterocycles. The van der Waals surface area contributed by atoms with Gasteiger partial charge in [-0.25, -0.2) is 9.59 Å². The molecular formula is C23H29NO5. The van der Waals surface area contributed by atoms with Crippen molar-refractivity contribution in [3.8, 4) is 0 Å². The van der Waals surface area contributed by atoms with Gasteiger partial charge in [-0.15, -0.1) is 0 Å². The monoisotopic (exact) mass is 399 g/mol. The molecule has 0 radical (unpaired) electrons. The zero-order valence-corrected chi connectivity index (χ0v) is 16.6. The molecule has 0 spiro atoms. The molecule has 0 aromatic heterocycles. The number of carboxylic acid groups (broad SMARTS) is 1. The quantitative estimate of drug-likeness (QED) is 0.535. The lowest BCUT2D eigenvalue weighted by Crippen LogP contribution is -2.48. The highest BCUT2D eigenvalue weighted by atomic mass is 16.5. The minimum absolute atomic E-state index is 0.0324. The van der Waals surface area contributed by atoms with Gasteiger partial charge in [0, 0.05) is 11.6 Å². The molecule has 156 valence electrons. The maximum absolute atomic E-state index is 12.9. The van der Waals surface area contributed by atoms with Gasteiger partial charge in [-0.2, -0.15) is 0 Å². The van der Waals surface area contributed by atoms with Crippen LogP contribution in [0.4, 0.5) is 0 Å². The molecule has 0 unspecified atom stereocenters. The number of amides is 1. The van der Waals surface area contributed by atoms with Crippen molar-refractivity contribution in [1.82, 2.24) is 5.32 Å². The second kappa shape index (κ2) is 10.2. The number of ether oxygens (including phenoxy) is 1. The van der Waals surface area contributed by atoms with E-state index in [-0.39, 0.29) is 23.9 Å². The third-order valence-electron chi connectivity index (χ3n) is 5.81. The van der Waals surface area contributed by atoms with E-state index in [0.29, 0.717) is 11.1 Å². The van der Waals surface area contributed by atoms with Crippen molar-refractivity contribution in [2.24, 2.45) is 5.92 Å². The van der Waals surface area contributed by atoms with E-state index in [4.69, 9.17) is 9.84 Å². The van der Waals surface area contributed by atoms with Crippen LogP contribution < -0.4 is 5.32 Å². The van der Waals surface area contributed by atoms with Gasteiger partial charge in [0.25, 0.3) is 5.91 Å². The number of esters is 1. The van der Waals surface area contributed by atoms with Crippen molar-refractivity contribution in [1.29, 1.82) is 0 Å². The van der Waals surface area contributed by atoms with E-state index in [2.05, 4.69) is 5.32 Å². The van der Waals surface area contributed by atoms with E-state index in [1.165, 1.54) is 6.08 Å². The average Bonchev–Trinajstić information content (AvgIpc) is 3.24. The summed E-state index contributed by atoms with van der Waals surface area (Å²) < 4.78 is 5.72. The fourth-order valence-electron chi connectivity index (χ4n) is 4.26. The number of carboxylic acids is 1. The van der Waals surface area contributed by atoms with Crippen molar-refractivity contribution in [2.75, 3.05) is 0 Å². The molecule has 1 aromatic rings. The summed E-state index contributed by atoms with van der Waals surface area (Å²) in [6, 6.07) is 6.07. The fourth-order valence-corrected chi connectivity index (χ4v) is 4.26. The first-order valence-electron chi connectivity index (χ1n) is 10.6. The summed E-state index contributed by atoms with van der Waals surface area (Å²) in [7, 11) is 0. The number of nitrogens with one attached hydrogen (secondary N) is 1. The molecule has 6 heteroatoms. The lowest BCUT2D eigenvalue weighted by atomic mass is 9.83. The van der Waals surface area contributed by atoms with E-state index in [0.717, 1.165) is 63.9 Å². The molecule has 0 heterocycles. The second-order valence-corrected chi connectivity index (χ2v) is 7.99. The van der Waals surface area contributed by atoms with Gasteiger partial charge < -0.3 is 15.2 Å². The van der Waals surface area contributed by atoms with Crippen LogP contribution in [0, 0.1) is 5.92 Å². The summed E-state index contributed by atoms with van der Waals surface area (Å²) in [6.07, 6.45) is 11.5. The van der Waals surface area contributed by atoms with Crippen LogP contribution in [0.1, 0.15) is 73.7 Å². The Morgan fingerprint density at radius 2 is 1.72 bits per heavy atom. The molecular weight excluding hydrogens is 370 g/mol. The zero-order chi connectivity index (χ0) is 20.6. The molecule has 0 aliphatic heterocycles. The van der Waals surface area contributed by atoms with Crippen molar-refractivity contribution in [3.63, 3.8) is 0 Å². The largest absolute Gasteiger partial charge is 0.478 e. The van der Waals surface area contributed by atoms with Crippen LogP contribution in [0.3, 0.4) is 0 Å². The molecule has 2 fully saturated rings. The normalized spacial score (nSPS) is 19.2.